The predicted molar refractivity (Wildman–Crippen MR) is 125 cm³/mol. The van der Waals surface area contributed by atoms with Crippen LogP contribution in [0.1, 0.15) is 55.6 Å². The number of amides is 1. The summed E-state index contributed by atoms with van der Waals surface area (Å²) in [7, 11) is 0. The molecule has 1 fully saturated rings. The fourth-order valence-electron chi connectivity index (χ4n) is 4.69. The molecule has 1 unspecified atom stereocenters. The van der Waals surface area contributed by atoms with E-state index in [0.717, 1.165) is 17.5 Å². The summed E-state index contributed by atoms with van der Waals surface area (Å²) in [6.45, 7) is 2.05. The van der Waals surface area contributed by atoms with Crippen molar-refractivity contribution in [1.82, 2.24) is 5.32 Å². The maximum atomic E-state index is 12.8. The maximum absolute atomic E-state index is 12.8. The molecule has 0 saturated carbocycles. The number of halogens is 2. The number of nitrogens with zero attached hydrogens (tertiary/aromatic N) is 1. The zero-order valence-electron chi connectivity index (χ0n) is 17.8. The van der Waals surface area contributed by atoms with Crippen LogP contribution in [0.25, 0.3) is 0 Å². The largest absolute Gasteiger partial charge is 0.481 e. The summed E-state index contributed by atoms with van der Waals surface area (Å²) in [5.41, 5.74) is 1.86. The van der Waals surface area contributed by atoms with Gasteiger partial charge in [-0.2, -0.15) is 5.26 Å². The molecule has 5 nitrogen and oxygen atoms in total. The minimum Gasteiger partial charge on any atom is -0.481 e. The van der Waals surface area contributed by atoms with Crippen molar-refractivity contribution in [1.29, 1.82) is 5.26 Å². The fourth-order valence-corrected chi connectivity index (χ4v) is 5.01. The van der Waals surface area contributed by atoms with Gasteiger partial charge in [0.2, 0.25) is 5.91 Å². The van der Waals surface area contributed by atoms with Gasteiger partial charge in [0.25, 0.3) is 0 Å². The SMILES string of the molecule is CCC(C[C@H](C#N)c1ccc(Cl)cc1)[C@@H]1NC(=O)[C@@H](CC(=O)O)C[C@@H]1c1cccc(Cl)c1. The van der Waals surface area contributed by atoms with E-state index < -0.39 is 11.9 Å². The second-order valence-electron chi connectivity index (χ2n) is 8.36. The summed E-state index contributed by atoms with van der Waals surface area (Å²) < 4.78 is 0. The van der Waals surface area contributed by atoms with E-state index in [-0.39, 0.29) is 36.1 Å². The highest BCUT2D eigenvalue weighted by atomic mass is 35.5. The molecule has 2 N–H and O–H groups in total. The first kappa shape index (κ1) is 24.1. The first-order chi connectivity index (χ1) is 15.3. The summed E-state index contributed by atoms with van der Waals surface area (Å²) in [5.74, 6) is -2.25. The molecular formula is C25H26Cl2N2O3. The van der Waals surface area contributed by atoms with Crippen molar-refractivity contribution in [2.75, 3.05) is 0 Å². The Balaban J connectivity index is 1.91. The van der Waals surface area contributed by atoms with Gasteiger partial charge in [0.1, 0.15) is 0 Å². The lowest BCUT2D eigenvalue weighted by Crippen LogP contribution is -2.52. The van der Waals surface area contributed by atoms with E-state index in [0.29, 0.717) is 22.9 Å². The van der Waals surface area contributed by atoms with Gasteiger partial charge >= 0.3 is 5.97 Å². The molecule has 3 rings (SSSR count). The number of nitrogens with one attached hydrogen (secondary N) is 1. The smallest absolute Gasteiger partial charge is 0.304 e. The third-order valence-electron chi connectivity index (χ3n) is 6.35. The van der Waals surface area contributed by atoms with Crippen molar-refractivity contribution in [2.24, 2.45) is 11.8 Å². The van der Waals surface area contributed by atoms with Gasteiger partial charge in [-0.05, 0) is 54.2 Å². The van der Waals surface area contributed by atoms with E-state index in [4.69, 9.17) is 23.2 Å². The lowest BCUT2D eigenvalue weighted by atomic mass is 9.71. The second kappa shape index (κ2) is 10.8. The molecule has 0 bridgehead atoms. The van der Waals surface area contributed by atoms with Crippen molar-refractivity contribution >= 4 is 35.1 Å². The fraction of sp³-hybridized carbons (Fsp3) is 0.400. The quantitative estimate of drug-likeness (QED) is 0.509. The number of benzene rings is 2. The monoisotopic (exact) mass is 472 g/mol. The molecule has 0 radical (unpaired) electrons. The van der Waals surface area contributed by atoms with Crippen LogP contribution in [0.3, 0.4) is 0 Å². The molecule has 2 aromatic carbocycles. The van der Waals surface area contributed by atoms with Crippen LogP contribution < -0.4 is 5.32 Å². The minimum atomic E-state index is -0.993. The third kappa shape index (κ3) is 5.82. The van der Waals surface area contributed by atoms with Crippen LogP contribution in [-0.4, -0.2) is 23.0 Å². The van der Waals surface area contributed by atoms with Crippen LogP contribution in [0.5, 0.6) is 0 Å². The maximum Gasteiger partial charge on any atom is 0.304 e. The number of carboxylic acids is 1. The Kier molecular flexibility index (Phi) is 8.17. The molecule has 1 aliphatic heterocycles. The van der Waals surface area contributed by atoms with Crippen molar-refractivity contribution in [3.8, 4) is 6.07 Å². The molecule has 168 valence electrons. The average Bonchev–Trinajstić information content (AvgIpc) is 2.76. The number of aliphatic carboxylic acids is 1. The van der Waals surface area contributed by atoms with Gasteiger partial charge in [0.05, 0.1) is 18.4 Å². The molecule has 1 amide bonds. The standard InChI is InChI=1S/C25H26Cl2N2O3/c1-2-15(10-19(14-28)16-6-8-20(26)9-7-16)24-22(17-4-3-5-21(27)11-17)12-18(13-23(30)31)25(32)29-24/h3-9,11,15,18-19,22,24H,2,10,12-13H2,1H3,(H,29,32)(H,30,31)/t15?,18-,19-,22-,24+/m1/s1. The Morgan fingerprint density at radius 1 is 1.22 bits per heavy atom. The van der Waals surface area contributed by atoms with E-state index in [2.05, 4.69) is 11.4 Å². The Morgan fingerprint density at radius 3 is 2.53 bits per heavy atom. The number of nitriles is 1. The summed E-state index contributed by atoms with van der Waals surface area (Å²) >= 11 is 12.2. The number of carbonyl (C=O) groups excluding carboxylic acids is 1. The Bertz CT molecular complexity index is 1000. The van der Waals surface area contributed by atoms with Crippen molar-refractivity contribution in [2.45, 2.75) is 50.5 Å². The van der Waals surface area contributed by atoms with Gasteiger partial charge in [-0.3, -0.25) is 9.59 Å². The second-order valence-corrected chi connectivity index (χ2v) is 9.24. The Hall–Kier alpha value is -2.55. The Morgan fingerprint density at radius 2 is 1.94 bits per heavy atom. The molecule has 1 saturated heterocycles. The van der Waals surface area contributed by atoms with E-state index in [9.17, 15) is 20.0 Å². The molecule has 0 spiro atoms. The number of rotatable bonds is 8. The summed E-state index contributed by atoms with van der Waals surface area (Å²) in [5, 5.41) is 23.4. The Labute approximate surface area is 198 Å². The summed E-state index contributed by atoms with van der Waals surface area (Å²) in [4.78, 5) is 24.1. The zero-order valence-corrected chi connectivity index (χ0v) is 19.3. The van der Waals surface area contributed by atoms with Crippen LogP contribution in [0.2, 0.25) is 10.0 Å². The van der Waals surface area contributed by atoms with Crippen molar-refractivity contribution in [3.63, 3.8) is 0 Å². The number of hydrogen-bond donors (Lipinski definition) is 2. The van der Waals surface area contributed by atoms with Gasteiger partial charge in [0, 0.05) is 27.9 Å². The number of piperidine rings is 1. The lowest BCUT2D eigenvalue weighted by Gasteiger charge is -2.41. The first-order valence-electron chi connectivity index (χ1n) is 10.7. The molecule has 0 aromatic heterocycles. The molecule has 0 aliphatic carbocycles. The molecule has 1 aliphatic rings. The van der Waals surface area contributed by atoms with E-state index in [1.807, 2.05) is 37.3 Å². The van der Waals surface area contributed by atoms with Crippen molar-refractivity contribution in [3.05, 3.63) is 69.7 Å². The van der Waals surface area contributed by atoms with Gasteiger partial charge < -0.3 is 10.4 Å². The van der Waals surface area contributed by atoms with Crippen LogP contribution >= 0.6 is 23.2 Å². The molecule has 7 heteroatoms. The highest BCUT2D eigenvalue weighted by molar-refractivity contribution is 6.30. The van der Waals surface area contributed by atoms with Crippen LogP contribution in [0.4, 0.5) is 0 Å². The van der Waals surface area contributed by atoms with E-state index in [1.165, 1.54) is 0 Å². The summed E-state index contributed by atoms with van der Waals surface area (Å²) in [6, 6.07) is 16.9. The minimum absolute atomic E-state index is 0.0223. The predicted octanol–water partition coefficient (Wildman–Crippen LogP) is 5.78. The highest BCUT2D eigenvalue weighted by Crippen LogP contribution is 2.40. The van der Waals surface area contributed by atoms with Crippen LogP contribution in [-0.2, 0) is 9.59 Å². The number of carbonyl (C=O) groups is 2. The van der Waals surface area contributed by atoms with Crippen molar-refractivity contribution < 1.29 is 14.7 Å². The average molecular weight is 473 g/mol. The zero-order chi connectivity index (χ0) is 23.3. The molecule has 32 heavy (non-hydrogen) atoms. The molecule has 1 heterocycles. The number of carboxylic acid groups (broad SMARTS) is 1. The molecule has 2 aromatic rings. The van der Waals surface area contributed by atoms with Gasteiger partial charge in [-0.15, -0.1) is 0 Å². The van der Waals surface area contributed by atoms with Crippen LogP contribution in [0.15, 0.2) is 48.5 Å². The third-order valence-corrected chi connectivity index (χ3v) is 6.84. The van der Waals surface area contributed by atoms with E-state index >= 15 is 0 Å². The topological polar surface area (TPSA) is 90.2 Å². The number of hydrogen-bond acceptors (Lipinski definition) is 3. The lowest BCUT2D eigenvalue weighted by molar-refractivity contribution is -0.142. The first-order valence-corrected chi connectivity index (χ1v) is 11.5. The summed E-state index contributed by atoms with van der Waals surface area (Å²) in [6.07, 6.45) is 1.55. The van der Waals surface area contributed by atoms with E-state index in [1.54, 1.807) is 18.2 Å². The van der Waals surface area contributed by atoms with Gasteiger partial charge in [-0.25, -0.2) is 0 Å². The highest BCUT2D eigenvalue weighted by Gasteiger charge is 2.41. The molecular weight excluding hydrogens is 447 g/mol. The normalized spacial score (nSPS) is 22.4. The van der Waals surface area contributed by atoms with Gasteiger partial charge in [0.15, 0.2) is 0 Å². The van der Waals surface area contributed by atoms with Crippen LogP contribution in [0, 0.1) is 23.2 Å². The molecule has 5 atom stereocenters. The van der Waals surface area contributed by atoms with Gasteiger partial charge in [-0.1, -0.05) is 60.8 Å².